The Morgan fingerprint density at radius 2 is 1.67 bits per heavy atom. The summed E-state index contributed by atoms with van der Waals surface area (Å²) in [6.07, 6.45) is -5.79. The van der Waals surface area contributed by atoms with Crippen LogP contribution in [0.2, 0.25) is 0 Å². The van der Waals surface area contributed by atoms with Gasteiger partial charge >= 0.3 is 12.3 Å². The number of carbonyl (C=O) groups excluding carboxylic acids is 2. The van der Waals surface area contributed by atoms with Crippen LogP contribution in [0.1, 0.15) is 29.9 Å². The highest BCUT2D eigenvalue weighted by Crippen LogP contribution is 2.40. The van der Waals surface area contributed by atoms with Gasteiger partial charge in [-0.25, -0.2) is 4.79 Å². The molecule has 0 aromatic heterocycles. The Morgan fingerprint density at radius 1 is 1.07 bits per heavy atom. The predicted octanol–water partition coefficient (Wildman–Crippen LogP) is 2.03. The Hall–Kier alpha value is -2.78. The Labute approximate surface area is 152 Å². The van der Waals surface area contributed by atoms with Gasteiger partial charge in [0.2, 0.25) is 11.8 Å². The van der Waals surface area contributed by atoms with Crippen LogP contribution < -0.4 is 10.2 Å². The molecule has 0 atom stereocenters. The Kier molecular flexibility index (Phi) is 4.99. The first-order valence-corrected chi connectivity index (χ1v) is 8.42. The van der Waals surface area contributed by atoms with Crippen LogP contribution in [0.4, 0.5) is 23.7 Å². The van der Waals surface area contributed by atoms with Crippen LogP contribution in [0.25, 0.3) is 0 Å². The van der Waals surface area contributed by atoms with Crippen molar-refractivity contribution in [2.45, 2.75) is 24.9 Å². The maximum atomic E-state index is 13.6. The van der Waals surface area contributed by atoms with Crippen molar-refractivity contribution in [2.75, 3.05) is 31.1 Å². The number of piperazine rings is 1. The molecule has 2 fully saturated rings. The molecule has 0 aliphatic carbocycles. The van der Waals surface area contributed by atoms with Crippen molar-refractivity contribution >= 4 is 23.6 Å². The molecule has 7 nitrogen and oxygen atoms in total. The van der Waals surface area contributed by atoms with Gasteiger partial charge in [0, 0.05) is 50.6 Å². The fourth-order valence-corrected chi connectivity index (χ4v) is 3.46. The van der Waals surface area contributed by atoms with E-state index in [1.165, 1.54) is 17.0 Å². The molecule has 0 radical (unpaired) electrons. The first-order chi connectivity index (χ1) is 12.6. The van der Waals surface area contributed by atoms with Crippen molar-refractivity contribution in [1.29, 1.82) is 0 Å². The highest BCUT2D eigenvalue weighted by Gasteiger charge is 2.37. The lowest BCUT2D eigenvalue weighted by atomic mass is 9.88. The normalized spacial score (nSPS) is 19.2. The van der Waals surface area contributed by atoms with Crippen molar-refractivity contribution < 1.29 is 32.7 Å². The fourth-order valence-electron chi connectivity index (χ4n) is 3.46. The number of rotatable bonds is 2. The number of anilines is 1. The minimum absolute atomic E-state index is 0.0251. The number of imide groups is 1. The van der Waals surface area contributed by atoms with Gasteiger partial charge in [0.05, 0.1) is 5.56 Å². The predicted molar refractivity (Wildman–Crippen MR) is 88.4 cm³/mol. The minimum atomic E-state index is -4.61. The Bertz CT molecular complexity index is 757. The second-order valence-corrected chi connectivity index (χ2v) is 6.61. The molecule has 10 heteroatoms. The summed E-state index contributed by atoms with van der Waals surface area (Å²) >= 11 is 0. The zero-order valence-electron chi connectivity index (χ0n) is 14.3. The minimum Gasteiger partial charge on any atom is -0.465 e. The molecule has 146 valence electrons. The van der Waals surface area contributed by atoms with E-state index >= 15 is 0 Å². The first-order valence-electron chi connectivity index (χ1n) is 8.42. The SMILES string of the molecule is O=C1CC(c2ccc(N3CCN(C(=O)O)CC3)c(C(F)(F)F)c2)CC(=O)N1. The van der Waals surface area contributed by atoms with Crippen molar-refractivity contribution in [1.82, 2.24) is 10.2 Å². The van der Waals surface area contributed by atoms with Crippen LogP contribution in [-0.4, -0.2) is 54.1 Å². The number of carboxylic acid groups (broad SMARTS) is 1. The maximum absolute atomic E-state index is 13.6. The average Bonchev–Trinajstić information content (AvgIpc) is 2.60. The van der Waals surface area contributed by atoms with Crippen molar-refractivity contribution in [3.05, 3.63) is 29.3 Å². The molecule has 27 heavy (non-hydrogen) atoms. The third-order valence-electron chi connectivity index (χ3n) is 4.83. The molecule has 0 spiro atoms. The fraction of sp³-hybridized carbons (Fsp3) is 0.471. The molecule has 1 aromatic rings. The van der Waals surface area contributed by atoms with Crippen LogP contribution in [-0.2, 0) is 15.8 Å². The summed E-state index contributed by atoms with van der Waals surface area (Å²) in [5, 5.41) is 11.1. The quantitative estimate of drug-likeness (QED) is 0.761. The van der Waals surface area contributed by atoms with Crippen LogP contribution in [0, 0.1) is 0 Å². The van der Waals surface area contributed by atoms with E-state index in [-0.39, 0.29) is 44.7 Å². The number of piperidine rings is 1. The van der Waals surface area contributed by atoms with Gasteiger partial charge < -0.3 is 14.9 Å². The van der Waals surface area contributed by atoms with E-state index < -0.39 is 35.6 Å². The van der Waals surface area contributed by atoms with E-state index in [1.54, 1.807) is 0 Å². The van der Waals surface area contributed by atoms with Crippen LogP contribution in [0.3, 0.4) is 0 Å². The molecule has 3 amide bonds. The lowest BCUT2D eigenvalue weighted by Gasteiger charge is -2.36. The van der Waals surface area contributed by atoms with Crippen LogP contribution >= 0.6 is 0 Å². The number of nitrogens with one attached hydrogen (secondary N) is 1. The molecule has 2 N–H and O–H groups in total. The van der Waals surface area contributed by atoms with E-state index in [1.807, 2.05) is 0 Å². The van der Waals surface area contributed by atoms with Gasteiger partial charge in [0.1, 0.15) is 0 Å². The van der Waals surface area contributed by atoms with Gasteiger partial charge in [-0.2, -0.15) is 13.2 Å². The second kappa shape index (κ2) is 7.09. The number of halogens is 3. The van der Waals surface area contributed by atoms with Gasteiger partial charge in [-0.15, -0.1) is 0 Å². The lowest BCUT2D eigenvalue weighted by molar-refractivity contribution is -0.137. The summed E-state index contributed by atoms with van der Waals surface area (Å²) in [4.78, 5) is 36.7. The van der Waals surface area contributed by atoms with E-state index in [4.69, 9.17) is 5.11 Å². The maximum Gasteiger partial charge on any atom is 0.418 e. The van der Waals surface area contributed by atoms with Gasteiger partial charge in [-0.05, 0) is 17.7 Å². The summed E-state index contributed by atoms with van der Waals surface area (Å²) in [7, 11) is 0. The average molecular weight is 385 g/mol. The second-order valence-electron chi connectivity index (χ2n) is 6.61. The summed E-state index contributed by atoms with van der Waals surface area (Å²) in [6, 6.07) is 3.84. The molecule has 2 aliphatic heterocycles. The molecule has 2 heterocycles. The molecular weight excluding hydrogens is 367 g/mol. The van der Waals surface area contributed by atoms with Crippen molar-refractivity contribution in [2.24, 2.45) is 0 Å². The standard InChI is InChI=1S/C17H18F3N3O4/c18-17(19,20)12-7-10(11-8-14(24)21-15(25)9-11)1-2-13(12)22-3-5-23(6-4-22)16(26)27/h1-2,7,11H,3-6,8-9H2,(H,26,27)(H,21,24,25). The first kappa shape index (κ1) is 19.0. The number of hydrogen-bond donors (Lipinski definition) is 2. The van der Waals surface area contributed by atoms with Gasteiger partial charge in [0.15, 0.2) is 0 Å². The van der Waals surface area contributed by atoms with E-state index in [0.717, 1.165) is 11.0 Å². The molecular formula is C17H18F3N3O4. The summed E-state index contributed by atoms with van der Waals surface area (Å²) in [6.45, 7) is 0.537. The molecule has 0 bridgehead atoms. The summed E-state index contributed by atoms with van der Waals surface area (Å²) < 4.78 is 40.9. The number of benzene rings is 1. The molecule has 2 aliphatic rings. The lowest BCUT2D eigenvalue weighted by Crippen LogP contribution is -2.48. The van der Waals surface area contributed by atoms with E-state index in [0.29, 0.717) is 5.56 Å². The summed E-state index contributed by atoms with van der Waals surface area (Å²) in [5.41, 5.74) is -0.580. The number of carbonyl (C=O) groups is 3. The van der Waals surface area contributed by atoms with Crippen molar-refractivity contribution in [3.8, 4) is 0 Å². The number of nitrogens with zero attached hydrogens (tertiary/aromatic N) is 2. The van der Waals surface area contributed by atoms with Gasteiger partial charge in [-0.1, -0.05) is 6.07 Å². The number of alkyl halides is 3. The highest BCUT2D eigenvalue weighted by molar-refractivity contribution is 5.98. The Morgan fingerprint density at radius 3 is 2.19 bits per heavy atom. The molecule has 1 aromatic carbocycles. The zero-order valence-corrected chi connectivity index (χ0v) is 14.3. The van der Waals surface area contributed by atoms with Gasteiger partial charge in [-0.3, -0.25) is 14.9 Å². The molecule has 0 unspecified atom stereocenters. The topological polar surface area (TPSA) is 90.0 Å². The van der Waals surface area contributed by atoms with Crippen LogP contribution in [0.15, 0.2) is 18.2 Å². The van der Waals surface area contributed by atoms with Gasteiger partial charge in [0.25, 0.3) is 0 Å². The third-order valence-corrected chi connectivity index (χ3v) is 4.83. The van der Waals surface area contributed by atoms with E-state index in [9.17, 15) is 27.6 Å². The largest absolute Gasteiger partial charge is 0.465 e. The molecule has 3 rings (SSSR count). The van der Waals surface area contributed by atoms with Crippen LogP contribution in [0.5, 0.6) is 0 Å². The highest BCUT2D eigenvalue weighted by atomic mass is 19.4. The molecule has 0 saturated carbocycles. The third kappa shape index (κ3) is 4.15. The smallest absolute Gasteiger partial charge is 0.418 e. The number of hydrogen-bond acceptors (Lipinski definition) is 4. The van der Waals surface area contributed by atoms with E-state index in [2.05, 4.69) is 5.32 Å². The zero-order chi connectivity index (χ0) is 19.8. The van der Waals surface area contributed by atoms with Crippen molar-refractivity contribution in [3.63, 3.8) is 0 Å². The Balaban J connectivity index is 1.88. The molecule has 2 saturated heterocycles. The number of amides is 3. The summed E-state index contributed by atoms with van der Waals surface area (Å²) in [5.74, 6) is -1.59. The monoisotopic (exact) mass is 385 g/mol.